The number of rotatable bonds is 3. The Labute approximate surface area is 111 Å². The Morgan fingerprint density at radius 1 is 1.47 bits per heavy atom. The molecule has 19 heavy (non-hydrogen) atoms. The average Bonchev–Trinajstić information content (AvgIpc) is 2.42. The summed E-state index contributed by atoms with van der Waals surface area (Å²) in [5.41, 5.74) is 2.29. The highest BCUT2D eigenvalue weighted by Gasteiger charge is 2.24. The van der Waals surface area contributed by atoms with Crippen LogP contribution >= 0.6 is 0 Å². The van der Waals surface area contributed by atoms with Crippen molar-refractivity contribution < 1.29 is 19.4 Å². The fraction of sp³-hybridized carbons (Fsp3) is 0.429. The van der Waals surface area contributed by atoms with E-state index >= 15 is 0 Å². The molecule has 0 fully saturated rings. The minimum Gasteiger partial charge on any atom is -0.464 e. The smallest absolute Gasteiger partial charge is 0.339 e. The van der Waals surface area contributed by atoms with E-state index in [1.54, 1.807) is 37.1 Å². The van der Waals surface area contributed by atoms with Crippen molar-refractivity contribution >= 4 is 17.6 Å². The number of amides is 1. The number of aryl methyl sites for hydroxylation is 1. The summed E-state index contributed by atoms with van der Waals surface area (Å²) >= 11 is 0. The van der Waals surface area contributed by atoms with Crippen LogP contribution in [0, 0.1) is 0 Å². The molecular formula is C14H17NO4. The van der Waals surface area contributed by atoms with Gasteiger partial charge in [0.15, 0.2) is 6.10 Å². The summed E-state index contributed by atoms with van der Waals surface area (Å²) in [6.07, 6.45) is -0.196. The summed E-state index contributed by atoms with van der Waals surface area (Å²) in [6.45, 7) is 1.93. The molecule has 1 N–H and O–H groups in total. The lowest BCUT2D eigenvalue weighted by Crippen LogP contribution is -2.31. The van der Waals surface area contributed by atoms with Crippen LogP contribution in [0.25, 0.3) is 0 Å². The first-order chi connectivity index (χ1) is 9.04. The van der Waals surface area contributed by atoms with E-state index < -0.39 is 12.1 Å². The van der Waals surface area contributed by atoms with Crippen LogP contribution in [-0.2, 0) is 20.7 Å². The monoisotopic (exact) mass is 263 g/mol. The second-order valence-electron chi connectivity index (χ2n) is 4.50. The molecule has 1 heterocycles. The molecule has 102 valence electrons. The standard InChI is InChI=1S/C14H17NO4/c1-3-19-14(18)13(17)10-4-6-11-9(8-10)5-7-12(16)15(11)2/h4,6,8,13,17H,3,5,7H2,1-2H3. The highest BCUT2D eigenvalue weighted by Crippen LogP contribution is 2.29. The summed E-state index contributed by atoms with van der Waals surface area (Å²) in [5, 5.41) is 9.88. The van der Waals surface area contributed by atoms with Crippen LogP contribution in [0.5, 0.6) is 0 Å². The van der Waals surface area contributed by atoms with Gasteiger partial charge in [0.05, 0.1) is 6.61 Å². The third-order valence-corrected chi connectivity index (χ3v) is 3.27. The maximum Gasteiger partial charge on any atom is 0.339 e. The number of aliphatic hydroxyl groups is 1. The van der Waals surface area contributed by atoms with E-state index in [9.17, 15) is 14.7 Å². The Hall–Kier alpha value is -1.88. The van der Waals surface area contributed by atoms with E-state index in [0.29, 0.717) is 18.4 Å². The number of ether oxygens (including phenoxy) is 1. The van der Waals surface area contributed by atoms with Crippen molar-refractivity contribution in [2.24, 2.45) is 0 Å². The Balaban J connectivity index is 2.27. The molecule has 0 spiro atoms. The fourth-order valence-corrected chi connectivity index (χ4v) is 2.20. The summed E-state index contributed by atoms with van der Waals surface area (Å²) in [6, 6.07) is 5.17. The average molecular weight is 263 g/mol. The number of anilines is 1. The van der Waals surface area contributed by atoms with Crippen LogP contribution in [0.1, 0.15) is 30.6 Å². The van der Waals surface area contributed by atoms with Crippen LogP contribution < -0.4 is 4.90 Å². The van der Waals surface area contributed by atoms with Crippen molar-refractivity contribution in [2.75, 3.05) is 18.6 Å². The van der Waals surface area contributed by atoms with Crippen LogP contribution in [-0.4, -0.2) is 30.6 Å². The Morgan fingerprint density at radius 3 is 2.89 bits per heavy atom. The van der Waals surface area contributed by atoms with Gasteiger partial charge in [0.1, 0.15) is 0 Å². The number of carbonyl (C=O) groups excluding carboxylic acids is 2. The van der Waals surface area contributed by atoms with Crippen molar-refractivity contribution in [1.82, 2.24) is 0 Å². The number of hydrogen-bond donors (Lipinski definition) is 1. The van der Waals surface area contributed by atoms with E-state index in [1.165, 1.54) is 0 Å². The van der Waals surface area contributed by atoms with Crippen LogP contribution in [0.2, 0.25) is 0 Å². The first-order valence-corrected chi connectivity index (χ1v) is 6.28. The maximum atomic E-state index is 11.6. The lowest BCUT2D eigenvalue weighted by Gasteiger charge is -2.26. The number of aliphatic hydroxyl groups excluding tert-OH is 1. The van der Waals surface area contributed by atoms with Gasteiger partial charge in [-0.3, -0.25) is 4.79 Å². The van der Waals surface area contributed by atoms with E-state index in [1.807, 2.05) is 0 Å². The maximum absolute atomic E-state index is 11.6. The highest BCUT2D eigenvalue weighted by atomic mass is 16.5. The molecule has 2 rings (SSSR count). The molecule has 0 saturated carbocycles. The van der Waals surface area contributed by atoms with Gasteiger partial charge in [-0.2, -0.15) is 0 Å². The third kappa shape index (κ3) is 2.61. The van der Waals surface area contributed by atoms with E-state index in [2.05, 4.69) is 0 Å². The molecule has 1 aromatic carbocycles. The number of benzene rings is 1. The van der Waals surface area contributed by atoms with Crippen molar-refractivity contribution in [1.29, 1.82) is 0 Å². The Morgan fingerprint density at radius 2 is 2.21 bits per heavy atom. The van der Waals surface area contributed by atoms with Gasteiger partial charge in [-0.15, -0.1) is 0 Å². The van der Waals surface area contributed by atoms with Gasteiger partial charge >= 0.3 is 5.97 Å². The summed E-state index contributed by atoms with van der Waals surface area (Å²) in [7, 11) is 1.72. The van der Waals surface area contributed by atoms with Gasteiger partial charge < -0.3 is 14.7 Å². The first-order valence-electron chi connectivity index (χ1n) is 6.28. The SMILES string of the molecule is CCOC(=O)C(O)c1ccc2c(c1)CCC(=O)N2C. The molecule has 1 atom stereocenters. The van der Waals surface area contributed by atoms with Gasteiger partial charge in [0.2, 0.25) is 5.91 Å². The predicted octanol–water partition coefficient (Wildman–Crippen LogP) is 1.19. The molecule has 0 aliphatic carbocycles. The van der Waals surface area contributed by atoms with Crippen LogP contribution in [0.4, 0.5) is 5.69 Å². The highest BCUT2D eigenvalue weighted by molar-refractivity contribution is 5.96. The molecule has 0 saturated heterocycles. The van der Waals surface area contributed by atoms with Gasteiger partial charge in [-0.05, 0) is 30.5 Å². The minimum absolute atomic E-state index is 0.0752. The zero-order valence-electron chi connectivity index (χ0n) is 11.0. The second-order valence-corrected chi connectivity index (χ2v) is 4.50. The van der Waals surface area contributed by atoms with Gasteiger partial charge in [0.25, 0.3) is 0 Å². The molecule has 0 bridgehead atoms. The quantitative estimate of drug-likeness (QED) is 0.832. The number of hydrogen-bond acceptors (Lipinski definition) is 4. The van der Waals surface area contributed by atoms with Crippen molar-refractivity contribution in [3.8, 4) is 0 Å². The Bertz CT molecular complexity index is 512. The molecule has 0 aromatic heterocycles. The largest absolute Gasteiger partial charge is 0.464 e. The van der Waals surface area contributed by atoms with E-state index in [-0.39, 0.29) is 12.5 Å². The predicted molar refractivity (Wildman–Crippen MR) is 69.8 cm³/mol. The molecule has 5 heteroatoms. The Kier molecular flexibility index (Phi) is 3.85. The molecule has 0 radical (unpaired) electrons. The number of esters is 1. The van der Waals surface area contributed by atoms with Gasteiger partial charge in [-0.1, -0.05) is 12.1 Å². The number of carbonyl (C=O) groups is 2. The molecular weight excluding hydrogens is 246 g/mol. The normalized spacial score (nSPS) is 15.9. The summed E-state index contributed by atoms with van der Waals surface area (Å²) in [4.78, 5) is 24.7. The van der Waals surface area contributed by atoms with Crippen LogP contribution in [0.15, 0.2) is 18.2 Å². The number of fused-ring (bicyclic) bond motifs is 1. The third-order valence-electron chi connectivity index (χ3n) is 3.27. The summed E-state index contributed by atoms with van der Waals surface area (Å²) < 4.78 is 4.79. The minimum atomic E-state index is -1.27. The van der Waals surface area contributed by atoms with E-state index in [4.69, 9.17) is 4.74 Å². The molecule has 1 aliphatic rings. The zero-order chi connectivity index (χ0) is 14.0. The topological polar surface area (TPSA) is 66.8 Å². The molecule has 1 amide bonds. The van der Waals surface area contributed by atoms with E-state index in [0.717, 1.165) is 11.3 Å². The van der Waals surface area contributed by atoms with Crippen LogP contribution in [0.3, 0.4) is 0 Å². The fourth-order valence-electron chi connectivity index (χ4n) is 2.20. The van der Waals surface area contributed by atoms with Gasteiger partial charge in [-0.25, -0.2) is 4.79 Å². The lowest BCUT2D eigenvalue weighted by atomic mass is 9.97. The molecule has 1 aromatic rings. The van der Waals surface area contributed by atoms with Crippen molar-refractivity contribution in [2.45, 2.75) is 25.9 Å². The summed E-state index contributed by atoms with van der Waals surface area (Å²) in [5.74, 6) is -0.575. The molecule has 1 aliphatic heterocycles. The lowest BCUT2D eigenvalue weighted by molar-refractivity contribution is -0.153. The molecule has 1 unspecified atom stereocenters. The first kappa shape index (κ1) is 13.5. The van der Waals surface area contributed by atoms with Crippen molar-refractivity contribution in [3.63, 3.8) is 0 Å². The second kappa shape index (κ2) is 5.40. The number of nitrogens with zero attached hydrogens (tertiary/aromatic N) is 1. The molecule has 5 nitrogen and oxygen atoms in total. The van der Waals surface area contributed by atoms with Gasteiger partial charge in [0, 0.05) is 19.2 Å². The zero-order valence-corrected chi connectivity index (χ0v) is 11.0. The van der Waals surface area contributed by atoms with Crippen molar-refractivity contribution in [3.05, 3.63) is 29.3 Å².